The van der Waals surface area contributed by atoms with Crippen molar-refractivity contribution in [2.75, 3.05) is 7.11 Å². The minimum absolute atomic E-state index is 0.0416. The first-order valence-electron chi connectivity index (χ1n) is 6.56. The third-order valence-electron chi connectivity index (χ3n) is 3.58. The molecule has 0 fully saturated rings. The summed E-state index contributed by atoms with van der Waals surface area (Å²) in [5, 5.41) is 0.831. The number of fused-ring (bicyclic) bond motifs is 1. The van der Waals surface area contributed by atoms with Crippen LogP contribution in [0.3, 0.4) is 0 Å². The number of aromatic nitrogens is 1. The number of carbonyl (C=O) groups is 1. The number of aromatic amines is 1. The van der Waals surface area contributed by atoms with Gasteiger partial charge in [0, 0.05) is 28.7 Å². The van der Waals surface area contributed by atoms with Crippen LogP contribution in [-0.2, 0) is 0 Å². The number of carbonyl (C=O) groups excluding carboxylic acids is 1. The summed E-state index contributed by atoms with van der Waals surface area (Å²) in [5.41, 5.74) is 2.37. The van der Waals surface area contributed by atoms with Gasteiger partial charge in [-0.15, -0.1) is 0 Å². The number of nitrogens with one attached hydrogen (secondary N) is 1. The van der Waals surface area contributed by atoms with Gasteiger partial charge in [0.05, 0.1) is 12.7 Å². The fraction of sp³-hybridized carbons (Fsp3) is 0.118. The molecule has 0 spiro atoms. The number of ether oxygens (including phenoxy) is 1. The lowest BCUT2D eigenvalue weighted by Crippen LogP contribution is -2.04. The summed E-state index contributed by atoms with van der Waals surface area (Å²) in [6.45, 7) is 1.93. The largest absolute Gasteiger partial charge is 0.497 e. The lowest BCUT2D eigenvalue weighted by atomic mass is 9.99. The molecule has 0 saturated heterocycles. The summed E-state index contributed by atoms with van der Waals surface area (Å²) in [4.78, 5) is 15.6. The SMILES string of the molecule is COc1ccc(C(=O)c2c[nH]c3cccc(C)c23)c(F)c1. The molecule has 0 aliphatic rings. The monoisotopic (exact) mass is 283 g/mol. The van der Waals surface area contributed by atoms with Crippen molar-refractivity contribution in [3.05, 3.63) is 65.1 Å². The predicted octanol–water partition coefficient (Wildman–Crippen LogP) is 3.86. The standard InChI is InChI=1S/C17H14FNO2/c1-10-4-3-5-15-16(10)13(9-19-15)17(20)12-7-6-11(21-2)8-14(12)18/h3-9,19H,1-2H3. The second kappa shape index (κ2) is 5.05. The Bertz CT molecular complexity index is 836. The summed E-state index contributed by atoms with van der Waals surface area (Å²) >= 11 is 0. The molecule has 4 heteroatoms. The number of rotatable bonds is 3. The first-order chi connectivity index (χ1) is 10.1. The van der Waals surface area contributed by atoms with Crippen LogP contribution < -0.4 is 4.74 Å². The van der Waals surface area contributed by atoms with Crippen LogP contribution in [0.5, 0.6) is 5.75 Å². The normalized spacial score (nSPS) is 10.8. The summed E-state index contributed by atoms with van der Waals surface area (Å²) in [6, 6.07) is 9.98. The van der Waals surface area contributed by atoms with Gasteiger partial charge < -0.3 is 9.72 Å². The van der Waals surface area contributed by atoms with Gasteiger partial charge in [-0.1, -0.05) is 12.1 Å². The molecule has 0 aliphatic heterocycles. The topological polar surface area (TPSA) is 42.1 Å². The Morgan fingerprint density at radius 1 is 1.19 bits per heavy atom. The van der Waals surface area contributed by atoms with Crippen LogP contribution in [0, 0.1) is 12.7 Å². The van der Waals surface area contributed by atoms with Gasteiger partial charge >= 0.3 is 0 Å². The molecule has 3 aromatic rings. The second-order valence-electron chi connectivity index (χ2n) is 4.87. The lowest BCUT2D eigenvalue weighted by molar-refractivity contribution is 0.103. The molecule has 0 radical (unpaired) electrons. The molecule has 106 valence electrons. The van der Waals surface area contributed by atoms with E-state index >= 15 is 0 Å². The maximum Gasteiger partial charge on any atom is 0.198 e. The van der Waals surface area contributed by atoms with E-state index in [1.165, 1.54) is 19.2 Å². The van der Waals surface area contributed by atoms with Gasteiger partial charge in [-0.25, -0.2) is 4.39 Å². The van der Waals surface area contributed by atoms with Crippen molar-refractivity contribution in [3.8, 4) is 5.75 Å². The number of hydrogen-bond donors (Lipinski definition) is 1. The van der Waals surface area contributed by atoms with E-state index in [1.807, 2.05) is 25.1 Å². The van der Waals surface area contributed by atoms with E-state index in [-0.39, 0.29) is 11.3 Å². The Labute approximate surface area is 121 Å². The quantitative estimate of drug-likeness (QED) is 0.742. The molecule has 1 aromatic heterocycles. The van der Waals surface area contributed by atoms with E-state index in [9.17, 15) is 9.18 Å². The smallest absolute Gasteiger partial charge is 0.198 e. The van der Waals surface area contributed by atoms with Crippen LogP contribution in [0.4, 0.5) is 4.39 Å². The first kappa shape index (κ1) is 13.4. The number of H-pyrrole nitrogens is 1. The molecule has 0 atom stereocenters. The molecule has 1 N–H and O–H groups in total. The highest BCUT2D eigenvalue weighted by Crippen LogP contribution is 2.26. The van der Waals surface area contributed by atoms with E-state index in [1.54, 1.807) is 12.3 Å². The van der Waals surface area contributed by atoms with Crippen molar-refractivity contribution in [1.82, 2.24) is 4.98 Å². The third kappa shape index (κ3) is 2.18. The zero-order chi connectivity index (χ0) is 15.0. The number of aryl methyl sites for hydroxylation is 1. The maximum absolute atomic E-state index is 14.1. The van der Waals surface area contributed by atoms with Crippen LogP contribution in [0.2, 0.25) is 0 Å². The van der Waals surface area contributed by atoms with E-state index in [0.29, 0.717) is 11.3 Å². The lowest BCUT2D eigenvalue weighted by Gasteiger charge is -2.05. The highest BCUT2D eigenvalue weighted by molar-refractivity contribution is 6.17. The van der Waals surface area contributed by atoms with Crippen LogP contribution in [-0.4, -0.2) is 17.9 Å². The van der Waals surface area contributed by atoms with Crippen LogP contribution in [0.15, 0.2) is 42.6 Å². The van der Waals surface area contributed by atoms with Crippen molar-refractivity contribution in [1.29, 1.82) is 0 Å². The number of ketones is 1. The number of hydrogen-bond acceptors (Lipinski definition) is 2. The van der Waals surface area contributed by atoms with Crippen molar-refractivity contribution < 1.29 is 13.9 Å². The van der Waals surface area contributed by atoms with E-state index in [4.69, 9.17) is 4.74 Å². The first-order valence-corrected chi connectivity index (χ1v) is 6.56. The fourth-order valence-corrected chi connectivity index (χ4v) is 2.50. The van der Waals surface area contributed by atoms with Gasteiger partial charge in [0.2, 0.25) is 0 Å². The highest BCUT2D eigenvalue weighted by atomic mass is 19.1. The molecule has 0 unspecified atom stereocenters. The molecule has 0 amide bonds. The van der Waals surface area contributed by atoms with Gasteiger partial charge in [-0.3, -0.25) is 4.79 Å². The highest BCUT2D eigenvalue weighted by Gasteiger charge is 2.19. The fourth-order valence-electron chi connectivity index (χ4n) is 2.50. The van der Waals surface area contributed by atoms with Gasteiger partial charge in [0.15, 0.2) is 5.78 Å². The zero-order valence-electron chi connectivity index (χ0n) is 11.7. The number of methoxy groups -OCH3 is 1. The molecule has 0 saturated carbocycles. The Kier molecular flexibility index (Phi) is 3.22. The van der Waals surface area contributed by atoms with E-state index in [2.05, 4.69) is 4.98 Å². The molecule has 1 heterocycles. The molecule has 0 bridgehead atoms. The van der Waals surface area contributed by atoms with Crippen molar-refractivity contribution in [2.24, 2.45) is 0 Å². The summed E-state index contributed by atoms with van der Waals surface area (Å²) in [5.74, 6) is -0.530. The minimum atomic E-state index is -0.581. The average Bonchev–Trinajstić information content (AvgIpc) is 2.92. The Hall–Kier alpha value is -2.62. The zero-order valence-corrected chi connectivity index (χ0v) is 11.7. The van der Waals surface area contributed by atoms with Crippen molar-refractivity contribution >= 4 is 16.7 Å². The molecular formula is C17H14FNO2. The number of benzene rings is 2. The Morgan fingerprint density at radius 2 is 2.00 bits per heavy atom. The second-order valence-corrected chi connectivity index (χ2v) is 4.87. The molecule has 21 heavy (non-hydrogen) atoms. The van der Waals surface area contributed by atoms with Crippen LogP contribution in [0.25, 0.3) is 10.9 Å². The summed E-state index contributed by atoms with van der Waals surface area (Å²) in [7, 11) is 1.46. The van der Waals surface area contributed by atoms with Gasteiger partial charge in [-0.05, 0) is 30.7 Å². The van der Waals surface area contributed by atoms with Crippen molar-refractivity contribution in [3.63, 3.8) is 0 Å². The van der Waals surface area contributed by atoms with Gasteiger partial charge in [-0.2, -0.15) is 0 Å². The third-order valence-corrected chi connectivity index (χ3v) is 3.58. The van der Waals surface area contributed by atoms with Crippen LogP contribution >= 0.6 is 0 Å². The Morgan fingerprint density at radius 3 is 2.71 bits per heavy atom. The van der Waals surface area contributed by atoms with Gasteiger partial charge in [0.25, 0.3) is 0 Å². The average molecular weight is 283 g/mol. The van der Waals surface area contributed by atoms with Crippen LogP contribution in [0.1, 0.15) is 21.5 Å². The number of halogens is 1. The minimum Gasteiger partial charge on any atom is -0.497 e. The summed E-state index contributed by atoms with van der Waals surface area (Å²) in [6.07, 6.45) is 1.63. The van der Waals surface area contributed by atoms with Gasteiger partial charge in [0.1, 0.15) is 11.6 Å². The molecule has 2 aromatic carbocycles. The van der Waals surface area contributed by atoms with E-state index in [0.717, 1.165) is 16.5 Å². The van der Waals surface area contributed by atoms with Crippen molar-refractivity contribution in [2.45, 2.75) is 6.92 Å². The molecular weight excluding hydrogens is 269 g/mol. The maximum atomic E-state index is 14.1. The molecule has 3 nitrogen and oxygen atoms in total. The summed E-state index contributed by atoms with van der Waals surface area (Å²) < 4.78 is 19.0. The van der Waals surface area contributed by atoms with E-state index < -0.39 is 5.82 Å². The Balaban J connectivity index is 2.13. The molecule has 3 rings (SSSR count). The predicted molar refractivity (Wildman–Crippen MR) is 79.4 cm³/mol. The molecule has 0 aliphatic carbocycles.